The van der Waals surface area contributed by atoms with E-state index >= 15 is 0 Å². The SMILES string of the molecule is CCCNC1CCc2cc(OCC(C)(O)CC)ccc21. The van der Waals surface area contributed by atoms with E-state index in [1.807, 2.05) is 19.9 Å². The van der Waals surface area contributed by atoms with E-state index in [1.54, 1.807) is 0 Å². The average molecular weight is 277 g/mol. The fourth-order valence-electron chi connectivity index (χ4n) is 2.56. The smallest absolute Gasteiger partial charge is 0.119 e. The second kappa shape index (κ2) is 6.59. The molecule has 20 heavy (non-hydrogen) atoms. The molecule has 3 nitrogen and oxygen atoms in total. The first kappa shape index (κ1) is 15.3. The van der Waals surface area contributed by atoms with Gasteiger partial charge in [0.15, 0.2) is 0 Å². The Labute approximate surface area is 122 Å². The van der Waals surface area contributed by atoms with Gasteiger partial charge in [0.2, 0.25) is 0 Å². The van der Waals surface area contributed by atoms with E-state index in [0.717, 1.165) is 18.7 Å². The number of nitrogens with one attached hydrogen (secondary N) is 1. The zero-order chi connectivity index (χ0) is 14.6. The van der Waals surface area contributed by atoms with Gasteiger partial charge in [-0.1, -0.05) is 19.9 Å². The van der Waals surface area contributed by atoms with E-state index in [4.69, 9.17) is 4.74 Å². The predicted octanol–water partition coefficient (Wildman–Crippen LogP) is 3.21. The molecule has 0 saturated heterocycles. The molecular weight excluding hydrogens is 250 g/mol. The number of aryl methyl sites for hydroxylation is 1. The average Bonchev–Trinajstić information content (AvgIpc) is 2.85. The first-order valence-electron chi connectivity index (χ1n) is 7.77. The first-order valence-corrected chi connectivity index (χ1v) is 7.77. The van der Waals surface area contributed by atoms with Gasteiger partial charge in [-0.2, -0.15) is 0 Å². The maximum Gasteiger partial charge on any atom is 0.119 e. The summed E-state index contributed by atoms with van der Waals surface area (Å²) >= 11 is 0. The Kier molecular flexibility index (Phi) is 5.06. The predicted molar refractivity (Wildman–Crippen MR) is 82.2 cm³/mol. The van der Waals surface area contributed by atoms with Gasteiger partial charge in [-0.3, -0.25) is 0 Å². The molecule has 0 fully saturated rings. The Bertz CT molecular complexity index is 443. The van der Waals surface area contributed by atoms with Crippen LogP contribution < -0.4 is 10.1 Å². The van der Waals surface area contributed by atoms with E-state index in [-0.39, 0.29) is 0 Å². The van der Waals surface area contributed by atoms with Crippen molar-refractivity contribution < 1.29 is 9.84 Å². The summed E-state index contributed by atoms with van der Waals surface area (Å²) < 4.78 is 5.73. The summed E-state index contributed by atoms with van der Waals surface area (Å²) in [4.78, 5) is 0. The van der Waals surface area contributed by atoms with E-state index in [2.05, 4.69) is 24.4 Å². The van der Waals surface area contributed by atoms with Crippen LogP contribution in [0.25, 0.3) is 0 Å². The van der Waals surface area contributed by atoms with E-state index in [0.29, 0.717) is 19.1 Å². The third kappa shape index (κ3) is 3.74. The van der Waals surface area contributed by atoms with Gasteiger partial charge >= 0.3 is 0 Å². The topological polar surface area (TPSA) is 41.5 Å². The lowest BCUT2D eigenvalue weighted by molar-refractivity contribution is 0.00845. The molecule has 0 radical (unpaired) electrons. The van der Waals surface area contributed by atoms with Gasteiger partial charge in [0, 0.05) is 6.04 Å². The van der Waals surface area contributed by atoms with Crippen molar-refractivity contribution in [3.8, 4) is 5.75 Å². The zero-order valence-electron chi connectivity index (χ0n) is 12.9. The number of ether oxygens (including phenoxy) is 1. The van der Waals surface area contributed by atoms with Crippen LogP contribution in [0, 0.1) is 0 Å². The maximum absolute atomic E-state index is 9.98. The van der Waals surface area contributed by atoms with Gasteiger partial charge in [0.05, 0.1) is 5.60 Å². The molecule has 0 saturated carbocycles. The molecule has 112 valence electrons. The number of fused-ring (bicyclic) bond motifs is 1. The van der Waals surface area contributed by atoms with Crippen LogP contribution in [0.2, 0.25) is 0 Å². The van der Waals surface area contributed by atoms with Crippen molar-refractivity contribution in [2.24, 2.45) is 0 Å². The molecule has 0 heterocycles. The maximum atomic E-state index is 9.98. The van der Waals surface area contributed by atoms with Crippen molar-refractivity contribution in [1.82, 2.24) is 5.32 Å². The summed E-state index contributed by atoms with van der Waals surface area (Å²) in [6.07, 6.45) is 4.14. The molecule has 2 rings (SSSR count). The van der Waals surface area contributed by atoms with E-state index in [9.17, 15) is 5.11 Å². The van der Waals surface area contributed by atoms with Crippen LogP contribution in [0.4, 0.5) is 0 Å². The Hall–Kier alpha value is -1.06. The monoisotopic (exact) mass is 277 g/mol. The highest BCUT2D eigenvalue weighted by atomic mass is 16.5. The molecule has 0 amide bonds. The molecule has 2 unspecified atom stereocenters. The lowest BCUT2D eigenvalue weighted by atomic mass is 10.1. The van der Waals surface area contributed by atoms with Crippen LogP contribution in [0.15, 0.2) is 18.2 Å². The molecule has 1 aliphatic carbocycles. The molecule has 1 aliphatic rings. The molecule has 0 aliphatic heterocycles. The van der Waals surface area contributed by atoms with Crippen LogP contribution in [-0.2, 0) is 6.42 Å². The van der Waals surface area contributed by atoms with E-state index in [1.165, 1.54) is 24.0 Å². The van der Waals surface area contributed by atoms with Crippen LogP contribution in [-0.4, -0.2) is 23.9 Å². The number of aliphatic hydroxyl groups is 1. The Morgan fingerprint density at radius 2 is 2.20 bits per heavy atom. The molecule has 3 heteroatoms. The van der Waals surface area contributed by atoms with Crippen molar-refractivity contribution in [3.05, 3.63) is 29.3 Å². The Balaban J connectivity index is 1.99. The molecular formula is C17H27NO2. The standard InChI is InChI=1S/C17H27NO2/c1-4-10-18-16-9-6-13-11-14(7-8-15(13)16)20-12-17(3,19)5-2/h7-8,11,16,18-19H,4-6,9-10,12H2,1-3H3. The van der Waals surface area contributed by atoms with Crippen molar-refractivity contribution in [1.29, 1.82) is 0 Å². The van der Waals surface area contributed by atoms with Gasteiger partial charge in [-0.15, -0.1) is 0 Å². The van der Waals surface area contributed by atoms with Crippen LogP contribution in [0.1, 0.15) is 57.2 Å². The van der Waals surface area contributed by atoms with E-state index < -0.39 is 5.60 Å². The molecule has 2 atom stereocenters. The number of benzene rings is 1. The fraction of sp³-hybridized carbons (Fsp3) is 0.647. The summed E-state index contributed by atoms with van der Waals surface area (Å²) in [7, 11) is 0. The summed E-state index contributed by atoms with van der Waals surface area (Å²) in [6.45, 7) is 7.39. The van der Waals surface area contributed by atoms with Crippen LogP contribution in [0.5, 0.6) is 5.75 Å². The van der Waals surface area contributed by atoms with Gasteiger partial charge in [0.1, 0.15) is 12.4 Å². The van der Waals surface area contributed by atoms with Gasteiger partial charge in [-0.05, 0) is 62.4 Å². The molecule has 0 bridgehead atoms. The quantitative estimate of drug-likeness (QED) is 0.804. The Morgan fingerprint density at radius 1 is 1.40 bits per heavy atom. The Morgan fingerprint density at radius 3 is 2.90 bits per heavy atom. The van der Waals surface area contributed by atoms with Gasteiger partial charge < -0.3 is 15.2 Å². The van der Waals surface area contributed by atoms with Crippen LogP contribution >= 0.6 is 0 Å². The minimum atomic E-state index is -0.746. The number of hydrogen-bond acceptors (Lipinski definition) is 3. The summed E-state index contributed by atoms with van der Waals surface area (Å²) in [5, 5.41) is 13.6. The summed E-state index contributed by atoms with van der Waals surface area (Å²) in [5.41, 5.74) is 2.05. The third-order valence-electron chi connectivity index (χ3n) is 4.14. The van der Waals surface area contributed by atoms with Crippen molar-refractivity contribution in [2.45, 2.75) is 58.1 Å². The zero-order valence-corrected chi connectivity index (χ0v) is 12.9. The minimum absolute atomic E-state index is 0.347. The van der Waals surface area contributed by atoms with Crippen molar-refractivity contribution in [2.75, 3.05) is 13.2 Å². The third-order valence-corrected chi connectivity index (χ3v) is 4.14. The normalized spacial score (nSPS) is 20.5. The highest BCUT2D eigenvalue weighted by Gasteiger charge is 2.23. The lowest BCUT2D eigenvalue weighted by Gasteiger charge is -2.21. The highest BCUT2D eigenvalue weighted by Crippen LogP contribution is 2.33. The second-order valence-electron chi connectivity index (χ2n) is 6.05. The second-order valence-corrected chi connectivity index (χ2v) is 6.05. The van der Waals surface area contributed by atoms with Gasteiger partial charge in [0.25, 0.3) is 0 Å². The van der Waals surface area contributed by atoms with Gasteiger partial charge in [-0.25, -0.2) is 0 Å². The molecule has 1 aromatic rings. The molecule has 1 aromatic carbocycles. The molecule has 2 N–H and O–H groups in total. The van der Waals surface area contributed by atoms with Crippen molar-refractivity contribution >= 4 is 0 Å². The largest absolute Gasteiger partial charge is 0.491 e. The molecule has 0 spiro atoms. The fourth-order valence-corrected chi connectivity index (χ4v) is 2.56. The highest BCUT2D eigenvalue weighted by molar-refractivity contribution is 5.40. The molecule has 0 aromatic heterocycles. The van der Waals surface area contributed by atoms with Crippen molar-refractivity contribution in [3.63, 3.8) is 0 Å². The number of rotatable bonds is 7. The lowest BCUT2D eigenvalue weighted by Crippen LogP contribution is -2.31. The van der Waals surface area contributed by atoms with Crippen LogP contribution in [0.3, 0.4) is 0 Å². The summed E-state index contributed by atoms with van der Waals surface area (Å²) in [5.74, 6) is 0.869. The first-order chi connectivity index (χ1) is 9.55. The minimum Gasteiger partial charge on any atom is -0.491 e. The summed E-state index contributed by atoms with van der Waals surface area (Å²) in [6, 6.07) is 6.83. The number of hydrogen-bond donors (Lipinski definition) is 2.